The highest BCUT2D eigenvalue weighted by molar-refractivity contribution is 7.16. The SMILES string of the molecule is CN(Cc1ccc(Cl)s1)C(=O)COC(=O)c1cccn1C. The van der Waals surface area contributed by atoms with Gasteiger partial charge in [-0.25, -0.2) is 4.79 Å². The van der Waals surface area contributed by atoms with Crippen LogP contribution in [0.1, 0.15) is 15.4 Å². The van der Waals surface area contributed by atoms with Gasteiger partial charge in [-0.05, 0) is 24.3 Å². The highest BCUT2D eigenvalue weighted by atomic mass is 35.5. The quantitative estimate of drug-likeness (QED) is 0.793. The molecule has 0 atom stereocenters. The Kier molecular flexibility index (Phi) is 5.03. The molecule has 1 amide bonds. The first-order valence-corrected chi connectivity index (χ1v) is 7.43. The van der Waals surface area contributed by atoms with Crippen molar-refractivity contribution in [1.29, 1.82) is 0 Å². The Morgan fingerprint density at radius 3 is 2.71 bits per heavy atom. The van der Waals surface area contributed by atoms with Gasteiger partial charge in [0.2, 0.25) is 0 Å². The number of aryl methyl sites for hydroxylation is 1. The van der Waals surface area contributed by atoms with E-state index in [-0.39, 0.29) is 12.5 Å². The lowest BCUT2D eigenvalue weighted by Gasteiger charge is -2.16. The van der Waals surface area contributed by atoms with Gasteiger partial charge in [-0.3, -0.25) is 4.79 Å². The lowest BCUT2D eigenvalue weighted by atomic mass is 10.4. The normalized spacial score (nSPS) is 10.4. The molecule has 0 saturated carbocycles. The number of aromatic nitrogens is 1. The molecule has 0 aliphatic carbocycles. The molecule has 7 heteroatoms. The van der Waals surface area contributed by atoms with E-state index in [0.717, 1.165) is 4.88 Å². The number of ether oxygens (including phenoxy) is 1. The largest absolute Gasteiger partial charge is 0.451 e. The van der Waals surface area contributed by atoms with Crippen LogP contribution < -0.4 is 0 Å². The first-order chi connectivity index (χ1) is 9.97. The smallest absolute Gasteiger partial charge is 0.355 e. The fraction of sp³-hybridized carbons (Fsp3) is 0.286. The van der Waals surface area contributed by atoms with Crippen LogP contribution in [0.4, 0.5) is 0 Å². The zero-order valence-corrected chi connectivity index (χ0v) is 13.3. The third-order valence-electron chi connectivity index (χ3n) is 2.93. The van der Waals surface area contributed by atoms with Crippen LogP contribution in [-0.4, -0.2) is 35.0 Å². The Morgan fingerprint density at radius 1 is 1.38 bits per heavy atom. The molecule has 5 nitrogen and oxygen atoms in total. The number of amides is 1. The van der Waals surface area contributed by atoms with Gasteiger partial charge >= 0.3 is 5.97 Å². The molecule has 2 aromatic rings. The van der Waals surface area contributed by atoms with Gasteiger partial charge in [0, 0.05) is 25.2 Å². The van der Waals surface area contributed by atoms with E-state index in [2.05, 4.69) is 0 Å². The maximum atomic E-state index is 11.9. The van der Waals surface area contributed by atoms with Crippen LogP contribution in [0.15, 0.2) is 30.5 Å². The van der Waals surface area contributed by atoms with Crippen molar-refractivity contribution in [2.75, 3.05) is 13.7 Å². The summed E-state index contributed by atoms with van der Waals surface area (Å²) >= 11 is 7.26. The Balaban J connectivity index is 1.84. The van der Waals surface area contributed by atoms with Gasteiger partial charge < -0.3 is 14.2 Å². The summed E-state index contributed by atoms with van der Waals surface area (Å²) in [6.45, 7) is 0.164. The van der Waals surface area contributed by atoms with E-state index in [1.54, 1.807) is 43.1 Å². The van der Waals surface area contributed by atoms with Crippen LogP contribution in [0.25, 0.3) is 0 Å². The van der Waals surface area contributed by atoms with E-state index >= 15 is 0 Å². The summed E-state index contributed by atoms with van der Waals surface area (Å²) in [5.41, 5.74) is 0.412. The molecule has 112 valence electrons. The topological polar surface area (TPSA) is 51.5 Å². The highest BCUT2D eigenvalue weighted by Gasteiger charge is 2.15. The van der Waals surface area contributed by atoms with Crippen molar-refractivity contribution in [3.8, 4) is 0 Å². The second kappa shape index (κ2) is 6.78. The number of carbonyl (C=O) groups is 2. The van der Waals surface area contributed by atoms with E-state index in [1.807, 2.05) is 6.07 Å². The summed E-state index contributed by atoms with van der Waals surface area (Å²) in [7, 11) is 3.40. The molecule has 21 heavy (non-hydrogen) atoms. The van der Waals surface area contributed by atoms with Crippen molar-refractivity contribution in [1.82, 2.24) is 9.47 Å². The zero-order valence-electron chi connectivity index (χ0n) is 11.7. The maximum absolute atomic E-state index is 11.9. The number of likely N-dealkylation sites (N-methyl/N-ethyl adjacent to an activating group) is 1. The van der Waals surface area contributed by atoms with Gasteiger partial charge in [0.1, 0.15) is 5.69 Å². The average molecular weight is 327 g/mol. The van der Waals surface area contributed by atoms with Crippen molar-refractivity contribution in [3.63, 3.8) is 0 Å². The zero-order chi connectivity index (χ0) is 15.4. The lowest BCUT2D eigenvalue weighted by Crippen LogP contribution is -2.30. The van der Waals surface area contributed by atoms with Crippen LogP contribution in [0.2, 0.25) is 4.34 Å². The van der Waals surface area contributed by atoms with Crippen LogP contribution in [0, 0.1) is 0 Å². The molecule has 0 aromatic carbocycles. The van der Waals surface area contributed by atoms with Gasteiger partial charge in [-0.2, -0.15) is 0 Å². The molecule has 0 N–H and O–H groups in total. The van der Waals surface area contributed by atoms with E-state index in [4.69, 9.17) is 16.3 Å². The van der Waals surface area contributed by atoms with Gasteiger partial charge in [0.05, 0.1) is 10.9 Å². The molecule has 0 fully saturated rings. The fourth-order valence-electron chi connectivity index (χ4n) is 1.74. The van der Waals surface area contributed by atoms with E-state index in [9.17, 15) is 9.59 Å². The number of carbonyl (C=O) groups excluding carboxylic acids is 2. The number of hydrogen-bond donors (Lipinski definition) is 0. The van der Waals surface area contributed by atoms with Crippen molar-refractivity contribution < 1.29 is 14.3 Å². The van der Waals surface area contributed by atoms with E-state index in [0.29, 0.717) is 16.6 Å². The molecule has 0 radical (unpaired) electrons. The van der Waals surface area contributed by atoms with Gasteiger partial charge in [0.25, 0.3) is 5.91 Å². The molecule has 0 spiro atoms. The second-order valence-corrected chi connectivity index (χ2v) is 6.34. The standard InChI is InChI=1S/C14H15ClN2O3S/c1-16-7-3-4-11(16)14(19)20-9-13(18)17(2)8-10-5-6-12(15)21-10/h3-7H,8-9H2,1-2H3. The number of esters is 1. The van der Waals surface area contributed by atoms with Crippen LogP contribution >= 0.6 is 22.9 Å². The van der Waals surface area contributed by atoms with Gasteiger partial charge in [0.15, 0.2) is 6.61 Å². The first kappa shape index (κ1) is 15.6. The van der Waals surface area contributed by atoms with Crippen molar-refractivity contribution in [2.24, 2.45) is 7.05 Å². The Hall–Kier alpha value is -1.79. The third kappa shape index (κ3) is 4.09. The Morgan fingerprint density at radius 2 is 2.14 bits per heavy atom. The maximum Gasteiger partial charge on any atom is 0.355 e. The molecule has 0 saturated heterocycles. The predicted molar refractivity (Wildman–Crippen MR) is 81.5 cm³/mol. The van der Waals surface area contributed by atoms with Gasteiger partial charge in [-0.15, -0.1) is 11.3 Å². The summed E-state index contributed by atoms with van der Waals surface area (Å²) < 4.78 is 7.34. The van der Waals surface area contributed by atoms with Crippen molar-refractivity contribution in [3.05, 3.63) is 45.4 Å². The monoisotopic (exact) mass is 326 g/mol. The molecule has 0 bridgehead atoms. The highest BCUT2D eigenvalue weighted by Crippen LogP contribution is 2.22. The molecule has 0 unspecified atom stereocenters. The number of halogens is 1. The molecule has 2 heterocycles. The summed E-state index contributed by atoms with van der Waals surface area (Å²) in [5.74, 6) is -0.773. The molecule has 0 aliphatic rings. The number of thiophene rings is 1. The minimum Gasteiger partial charge on any atom is -0.451 e. The number of hydrogen-bond acceptors (Lipinski definition) is 4. The minimum atomic E-state index is -0.511. The third-order valence-corrected chi connectivity index (χ3v) is 4.14. The molecule has 0 aliphatic heterocycles. The molecule has 2 rings (SSSR count). The first-order valence-electron chi connectivity index (χ1n) is 6.24. The van der Waals surface area contributed by atoms with Crippen LogP contribution in [-0.2, 0) is 23.1 Å². The van der Waals surface area contributed by atoms with Crippen LogP contribution in [0.5, 0.6) is 0 Å². The van der Waals surface area contributed by atoms with E-state index in [1.165, 1.54) is 16.2 Å². The van der Waals surface area contributed by atoms with Crippen molar-refractivity contribution in [2.45, 2.75) is 6.54 Å². The van der Waals surface area contributed by atoms with Gasteiger partial charge in [-0.1, -0.05) is 11.6 Å². The summed E-state index contributed by atoms with van der Waals surface area (Å²) in [6, 6.07) is 7.04. The summed E-state index contributed by atoms with van der Waals surface area (Å²) in [6.07, 6.45) is 1.74. The predicted octanol–water partition coefficient (Wildman–Crippen LogP) is 2.56. The van der Waals surface area contributed by atoms with Crippen molar-refractivity contribution >= 4 is 34.8 Å². The Labute approximate surface area is 131 Å². The summed E-state index contributed by atoms with van der Waals surface area (Å²) in [5, 5.41) is 0. The molecule has 2 aromatic heterocycles. The van der Waals surface area contributed by atoms with E-state index < -0.39 is 5.97 Å². The lowest BCUT2D eigenvalue weighted by molar-refractivity contribution is -0.133. The molecular formula is C14H15ClN2O3S. The summed E-state index contributed by atoms with van der Waals surface area (Å²) in [4.78, 5) is 26.2. The minimum absolute atomic E-state index is 0.262. The van der Waals surface area contributed by atoms with Crippen LogP contribution in [0.3, 0.4) is 0 Å². The fourth-order valence-corrected chi connectivity index (χ4v) is 2.88. The Bertz CT molecular complexity index is 650. The second-order valence-electron chi connectivity index (χ2n) is 4.54. The average Bonchev–Trinajstić information content (AvgIpc) is 3.04. The number of nitrogens with zero attached hydrogens (tertiary/aromatic N) is 2. The number of rotatable bonds is 5. The molecular weight excluding hydrogens is 312 g/mol.